The lowest BCUT2D eigenvalue weighted by Gasteiger charge is -2.27. The Balaban J connectivity index is 2.42. The fraction of sp³-hybridized carbons (Fsp3) is 0.605. The summed E-state index contributed by atoms with van der Waals surface area (Å²) in [6, 6.07) is -2.91. The fourth-order valence-electron chi connectivity index (χ4n) is 6.62. The maximum absolute atomic E-state index is 14.3. The summed E-state index contributed by atoms with van der Waals surface area (Å²) in [6.07, 6.45) is 5.97. The van der Waals surface area contributed by atoms with Gasteiger partial charge in [-0.05, 0) is 94.1 Å². The molecule has 23 heteroatoms. The molecule has 1 heterocycles. The van der Waals surface area contributed by atoms with Crippen LogP contribution in [0.4, 0.5) is 0 Å². The van der Waals surface area contributed by atoms with Crippen LogP contribution in [0.25, 0.3) is 10.9 Å². The van der Waals surface area contributed by atoms with Gasteiger partial charge in [-0.25, -0.2) is 4.79 Å². The van der Waals surface area contributed by atoms with Crippen LogP contribution >= 0.6 is 23.5 Å². The lowest BCUT2D eigenvalue weighted by molar-refractivity contribution is -0.144. The summed E-state index contributed by atoms with van der Waals surface area (Å²) in [5, 5.41) is 38.2. The summed E-state index contributed by atoms with van der Waals surface area (Å²) in [6.45, 7) is 6.62. The normalized spacial score (nSPS) is 15.3. The molecule has 0 aliphatic heterocycles. The monoisotopic (exact) mass is 964 g/mol. The third-order valence-electron chi connectivity index (χ3n) is 10.8. The van der Waals surface area contributed by atoms with Crippen molar-refractivity contribution in [2.45, 2.75) is 127 Å². The predicted molar refractivity (Wildman–Crippen MR) is 253 cm³/mol. The quantitative estimate of drug-likeness (QED) is 0.0432. The van der Waals surface area contributed by atoms with Crippen LogP contribution in [-0.4, -0.2) is 147 Å². The number of carboxylic acids is 2. The molecule has 0 spiro atoms. The van der Waals surface area contributed by atoms with Gasteiger partial charge < -0.3 is 63.9 Å². The van der Waals surface area contributed by atoms with Crippen molar-refractivity contribution < 1.29 is 53.4 Å². The second kappa shape index (κ2) is 29.3. The van der Waals surface area contributed by atoms with Gasteiger partial charge in [-0.15, -0.1) is 0 Å². The van der Waals surface area contributed by atoms with Gasteiger partial charge in [0.2, 0.25) is 41.4 Å². The molecule has 0 radical (unpaired) electrons. The highest BCUT2D eigenvalue weighted by Crippen LogP contribution is 2.20. The van der Waals surface area contributed by atoms with Crippen molar-refractivity contribution >= 4 is 87.7 Å². The molecule has 0 aliphatic carbocycles. The first-order chi connectivity index (χ1) is 31.3. The van der Waals surface area contributed by atoms with Crippen LogP contribution in [0.1, 0.15) is 78.2 Å². The van der Waals surface area contributed by atoms with Crippen LogP contribution < -0.4 is 48.7 Å². The predicted octanol–water partition coefficient (Wildman–Crippen LogP) is -0.288. The first-order valence-corrected chi connectivity index (χ1v) is 24.6. The Labute approximate surface area is 393 Å². The number of nitrogens with one attached hydrogen (secondary N) is 8. The van der Waals surface area contributed by atoms with Crippen LogP contribution in [-0.2, 0) is 49.6 Å². The van der Waals surface area contributed by atoms with Crippen LogP contribution in [0.2, 0.25) is 0 Å². The van der Waals surface area contributed by atoms with Gasteiger partial charge >= 0.3 is 11.9 Å². The number of H-pyrrole nitrogens is 1. The highest BCUT2D eigenvalue weighted by Gasteiger charge is 2.35. The van der Waals surface area contributed by atoms with E-state index < -0.39 is 114 Å². The van der Waals surface area contributed by atoms with Crippen molar-refractivity contribution in [2.24, 2.45) is 17.4 Å². The standard InChI is InChI=1S/C43H68N10O11S2/c1-7-23(2)35(43(63)64)53-40(60)31(16-19-66-6)50-42(62)33(21-34(54)55)52-39(59)30(15-18-65-5)49-41(61)32(20-26-22-46-28-13-9-8-12-27(26)28)51-37(57)25(4)47-38(58)29(14-10-11-17-44)48-36(56)24(3)45/h8-9,12-13,22-25,29-33,35,46H,7,10-11,14-21,44-45H2,1-6H3,(H,47,58)(H,48,56)(H,49,61)(H,50,62)(H,51,57)(H,52,59)(H,53,60)(H,54,55)(H,63,64)/t23-,24-,25-,29-,30-,31-,32-,33-,35-/m0/s1. The number of carbonyl (C=O) groups is 9. The topological polar surface area (TPSA) is 346 Å². The van der Waals surface area contributed by atoms with E-state index in [2.05, 4.69) is 42.2 Å². The van der Waals surface area contributed by atoms with Gasteiger partial charge in [-0.2, -0.15) is 23.5 Å². The van der Waals surface area contributed by atoms with Crippen molar-refractivity contribution in [2.75, 3.05) is 30.6 Å². The summed E-state index contributed by atoms with van der Waals surface area (Å²) in [5.74, 6) is -8.10. The number of aliphatic carboxylic acids is 2. The molecule has 21 nitrogen and oxygen atoms in total. The van der Waals surface area contributed by atoms with Crippen LogP contribution in [0.5, 0.6) is 0 Å². The number of thioether (sulfide) groups is 2. The highest BCUT2D eigenvalue weighted by atomic mass is 32.2. The Bertz CT molecular complexity index is 1970. The van der Waals surface area contributed by atoms with Crippen molar-refractivity contribution in [3.63, 3.8) is 0 Å². The molecule has 0 aliphatic rings. The molecule has 2 rings (SSSR count). The number of hydrogen-bond donors (Lipinski definition) is 12. The highest BCUT2D eigenvalue weighted by molar-refractivity contribution is 7.98. The van der Waals surface area contributed by atoms with E-state index in [-0.39, 0.29) is 25.7 Å². The molecule has 0 bridgehead atoms. The van der Waals surface area contributed by atoms with Gasteiger partial charge in [0.15, 0.2) is 0 Å². The average Bonchev–Trinajstić information content (AvgIpc) is 3.68. The van der Waals surface area contributed by atoms with Crippen molar-refractivity contribution in [1.29, 1.82) is 0 Å². The molecule has 0 unspecified atom stereocenters. The number of para-hydroxylation sites is 1. The molecule has 7 amide bonds. The molecule has 66 heavy (non-hydrogen) atoms. The smallest absolute Gasteiger partial charge is 0.326 e. The number of aromatic amines is 1. The summed E-state index contributed by atoms with van der Waals surface area (Å²) >= 11 is 2.69. The molecule has 1 aromatic carbocycles. The average molecular weight is 965 g/mol. The number of hydrogen-bond acceptors (Lipinski definition) is 13. The number of fused-ring (bicyclic) bond motifs is 1. The SMILES string of the molecule is CC[C@H](C)[C@H](NC(=O)[C@H](CCSC)NC(=O)[C@H](CC(=O)O)NC(=O)[C@H](CCSC)NC(=O)[C@H](Cc1c[nH]c2ccccc12)NC(=O)[C@H](C)NC(=O)[C@H](CCCCN)NC(=O)[C@H](C)N)C(=O)O. The minimum absolute atomic E-state index is 0.00396. The third-order valence-corrected chi connectivity index (χ3v) is 12.0. The van der Waals surface area contributed by atoms with E-state index in [4.69, 9.17) is 11.5 Å². The van der Waals surface area contributed by atoms with E-state index in [1.165, 1.54) is 37.4 Å². The number of aromatic nitrogens is 1. The van der Waals surface area contributed by atoms with Gasteiger partial charge in [0.25, 0.3) is 0 Å². The Morgan fingerprint density at radius 3 is 1.70 bits per heavy atom. The van der Waals surface area contributed by atoms with Crippen molar-refractivity contribution in [1.82, 2.24) is 42.2 Å². The maximum atomic E-state index is 14.3. The van der Waals surface area contributed by atoms with Gasteiger partial charge in [0.1, 0.15) is 42.3 Å². The molecule has 0 saturated heterocycles. The Morgan fingerprint density at radius 1 is 0.652 bits per heavy atom. The number of carbonyl (C=O) groups excluding carboxylic acids is 7. The van der Waals surface area contributed by atoms with Crippen molar-refractivity contribution in [3.05, 3.63) is 36.0 Å². The number of nitrogens with two attached hydrogens (primary N) is 2. The minimum Gasteiger partial charge on any atom is -0.481 e. The fourth-order valence-corrected chi connectivity index (χ4v) is 7.56. The lowest BCUT2D eigenvalue weighted by atomic mass is 9.98. The molecule has 2 aromatic rings. The van der Waals surface area contributed by atoms with Crippen LogP contribution in [0.3, 0.4) is 0 Å². The number of rotatable bonds is 31. The van der Waals surface area contributed by atoms with E-state index in [0.29, 0.717) is 42.9 Å². The Morgan fingerprint density at radius 2 is 1.15 bits per heavy atom. The minimum atomic E-state index is -1.73. The molecule has 9 atom stereocenters. The summed E-state index contributed by atoms with van der Waals surface area (Å²) < 4.78 is 0. The molecule has 368 valence electrons. The molecular formula is C43H68N10O11S2. The molecule has 1 aromatic heterocycles. The number of benzene rings is 1. The largest absolute Gasteiger partial charge is 0.481 e. The van der Waals surface area contributed by atoms with E-state index in [9.17, 15) is 53.4 Å². The summed E-state index contributed by atoms with van der Waals surface area (Å²) in [4.78, 5) is 122. The number of carboxylic acid groups (broad SMARTS) is 2. The summed E-state index contributed by atoms with van der Waals surface area (Å²) in [7, 11) is 0. The number of unbranched alkanes of at least 4 members (excludes halogenated alkanes) is 1. The zero-order valence-electron chi connectivity index (χ0n) is 38.4. The maximum Gasteiger partial charge on any atom is 0.326 e. The van der Waals surface area contributed by atoms with Gasteiger partial charge in [0, 0.05) is 23.5 Å². The van der Waals surface area contributed by atoms with Crippen LogP contribution in [0, 0.1) is 5.92 Å². The van der Waals surface area contributed by atoms with Gasteiger partial charge in [0.05, 0.1) is 12.5 Å². The van der Waals surface area contributed by atoms with Gasteiger partial charge in [-0.1, -0.05) is 38.5 Å². The second-order valence-electron chi connectivity index (χ2n) is 16.0. The third kappa shape index (κ3) is 18.8. The molecular weight excluding hydrogens is 897 g/mol. The summed E-state index contributed by atoms with van der Waals surface area (Å²) in [5.41, 5.74) is 12.7. The van der Waals surface area contributed by atoms with Crippen LogP contribution in [0.15, 0.2) is 30.5 Å². The zero-order chi connectivity index (χ0) is 49.5. The Kier molecular flexibility index (Phi) is 25.2. The zero-order valence-corrected chi connectivity index (χ0v) is 40.0. The number of amides is 7. The van der Waals surface area contributed by atoms with Crippen molar-refractivity contribution in [3.8, 4) is 0 Å². The van der Waals surface area contributed by atoms with Gasteiger partial charge in [-0.3, -0.25) is 38.4 Å². The van der Waals surface area contributed by atoms with E-state index in [1.54, 1.807) is 38.6 Å². The molecule has 0 saturated carbocycles. The first-order valence-electron chi connectivity index (χ1n) is 21.8. The second-order valence-corrected chi connectivity index (χ2v) is 18.0. The van der Waals surface area contributed by atoms with E-state index in [1.807, 2.05) is 18.2 Å². The lowest BCUT2D eigenvalue weighted by Crippen LogP contribution is -2.60. The van der Waals surface area contributed by atoms with E-state index in [0.717, 1.165) is 10.9 Å². The molecule has 0 fully saturated rings. The Hall–Kier alpha value is -5.39. The first kappa shape index (κ1) is 56.7. The van der Waals surface area contributed by atoms with E-state index >= 15 is 0 Å². The molecule has 14 N–H and O–H groups in total.